The van der Waals surface area contributed by atoms with E-state index in [1.165, 1.54) is 0 Å². The molecule has 1 aromatic carbocycles. The molecule has 2 unspecified atom stereocenters. The Kier molecular flexibility index (Phi) is 4.70. The molecule has 2 rings (SSSR count). The third-order valence-corrected chi connectivity index (χ3v) is 4.05. The van der Waals surface area contributed by atoms with Gasteiger partial charge in [-0.05, 0) is 32.4 Å². The number of hydrogen-bond donors (Lipinski definition) is 2. The van der Waals surface area contributed by atoms with Gasteiger partial charge in [0.25, 0.3) is 0 Å². The predicted octanol–water partition coefficient (Wildman–Crippen LogP) is 3.28. The Morgan fingerprint density at radius 3 is 2.68 bits per heavy atom. The van der Waals surface area contributed by atoms with Gasteiger partial charge in [-0.25, -0.2) is 13.8 Å². The smallest absolute Gasteiger partial charge is 0.193 e. The zero-order chi connectivity index (χ0) is 16.5. The SMILES string of the molecule is CC(C)OC1CC(N=C(N)Nc2cc(F)ccc2F)C1(C)C. The highest BCUT2D eigenvalue weighted by atomic mass is 19.1. The van der Waals surface area contributed by atoms with Gasteiger partial charge in [-0.1, -0.05) is 13.8 Å². The summed E-state index contributed by atoms with van der Waals surface area (Å²) in [6.07, 6.45) is 1.05. The fraction of sp³-hybridized carbons (Fsp3) is 0.562. The van der Waals surface area contributed by atoms with Gasteiger partial charge in [0, 0.05) is 11.5 Å². The zero-order valence-corrected chi connectivity index (χ0v) is 13.4. The maximum atomic E-state index is 13.6. The van der Waals surface area contributed by atoms with Crippen molar-refractivity contribution in [3.8, 4) is 0 Å². The van der Waals surface area contributed by atoms with Crippen LogP contribution < -0.4 is 11.1 Å². The maximum Gasteiger partial charge on any atom is 0.193 e. The highest BCUT2D eigenvalue weighted by Gasteiger charge is 2.49. The van der Waals surface area contributed by atoms with Crippen molar-refractivity contribution >= 4 is 11.6 Å². The number of rotatable bonds is 4. The number of guanidine groups is 1. The molecule has 1 fully saturated rings. The first-order valence-corrected chi connectivity index (χ1v) is 7.41. The number of nitrogens with zero attached hydrogens (tertiary/aromatic N) is 1. The molecular weight excluding hydrogens is 288 g/mol. The van der Waals surface area contributed by atoms with Crippen molar-refractivity contribution in [2.24, 2.45) is 16.1 Å². The van der Waals surface area contributed by atoms with Crippen molar-refractivity contribution < 1.29 is 13.5 Å². The summed E-state index contributed by atoms with van der Waals surface area (Å²) in [6, 6.07) is 3.14. The lowest BCUT2D eigenvalue weighted by Gasteiger charge is -2.50. The third-order valence-electron chi connectivity index (χ3n) is 4.05. The first-order valence-electron chi connectivity index (χ1n) is 7.41. The molecule has 0 amide bonds. The molecule has 1 aromatic rings. The van der Waals surface area contributed by atoms with Crippen LogP contribution in [0, 0.1) is 17.0 Å². The molecule has 6 heteroatoms. The number of nitrogens with two attached hydrogens (primary N) is 1. The minimum absolute atomic E-state index is 0.0135. The fourth-order valence-electron chi connectivity index (χ4n) is 2.57. The summed E-state index contributed by atoms with van der Waals surface area (Å²) in [6.45, 7) is 8.12. The first kappa shape index (κ1) is 16.7. The second kappa shape index (κ2) is 6.20. The summed E-state index contributed by atoms with van der Waals surface area (Å²) >= 11 is 0. The van der Waals surface area contributed by atoms with Crippen molar-refractivity contribution in [1.82, 2.24) is 0 Å². The quantitative estimate of drug-likeness (QED) is 0.662. The van der Waals surface area contributed by atoms with Crippen LogP contribution in [0.2, 0.25) is 0 Å². The molecular formula is C16H23F2N3O. The Balaban J connectivity index is 2.03. The Bertz CT molecular complexity index is 573. The minimum atomic E-state index is -0.576. The van der Waals surface area contributed by atoms with Crippen LogP contribution in [0.25, 0.3) is 0 Å². The zero-order valence-electron chi connectivity index (χ0n) is 13.4. The standard InChI is InChI=1S/C16H23F2N3O/c1-9(2)22-14-8-13(16(14,3)4)21-15(19)20-12-7-10(17)5-6-11(12)18/h5-7,9,13-14H,8H2,1-4H3,(H3,19,20,21). The van der Waals surface area contributed by atoms with Crippen LogP contribution in [-0.4, -0.2) is 24.2 Å². The number of halogens is 2. The van der Waals surface area contributed by atoms with Gasteiger partial charge in [-0.15, -0.1) is 0 Å². The van der Waals surface area contributed by atoms with E-state index in [9.17, 15) is 8.78 Å². The van der Waals surface area contributed by atoms with Gasteiger partial charge in [0.15, 0.2) is 5.96 Å². The lowest BCUT2D eigenvalue weighted by atomic mass is 9.64. The average molecular weight is 311 g/mol. The van der Waals surface area contributed by atoms with Crippen LogP contribution in [0.5, 0.6) is 0 Å². The Hall–Kier alpha value is -1.69. The largest absolute Gasteiger partial charge is 0.375 e. The Morgan fingerprint density at radius 1 is 1.41 bits per heavy atom. The molecule has 4 nitrogen and oxygen atoms in total. The summed E-state index contributed by atoms with van der Waals surface area (Å²) in [5.41, 5.74) is 5.65. The summed E-state index contributed by atoms with van der Waals surface area (Å²) in [5, 5.41) is 2.62. The van der Waals surface area contributed by atoms with E-state index in [1.54, 1.807) is 0 Å². The van der Waals surface area contributed by atoms with Crippen molar-refractivity contribution in [3.63, 3.8) is 0 Å². The highest BCUT2D eigenvalue weighted by Crippen LogP contribution is 2.45. The summed E-state index contributed by atoms with van der Waals surface area (Å²) < 4.78 is 32.5. The molecule has 22 heavy (non-hydrogen) atoms. The fourth-order valence-corrected chi connectivity index (χ4v) is 2.57. The third kappa shape index (κ3) is 3.55. The number of aliphatic imine (C=N–C) groups is 1. The number of hydrogen-bond acceptors (Lipinski definition) is 2. The van der Waals surface area contributed by atoms with Gasteiger partial charge in [0.05, 0.1) is 23.9 Å². The highest BCUT2D eigenvalue weighted by molar-refractivity contribution is 5.92. The molecule has 1 saturated carbocycles. The second-order valence-corrected chi connectivity index (χ2v) is 6.51. The summed E-state index contributed by atoms with van der Waals surface area (Å²) in [5.74, 6) is -1.04. The second-order valence-electron chi connectivity index (χ2n) is 6.51. The van der Waals surface area contributed by atoms with Gasteiger partial charge in [-0.3, -0.25) is 0 Å². The van der Waals surface area contributed by atoms with Crippen LogP contribution in [0.1, 0.15) is 34.1 Å². The van der Waals surface area contributed by atoms with E-state index >= 15 is 0 Å². The molecule has 0 aliphatic heterocycles. The molecule has 3 N–H and O–H groups in total. The predicted molar refractivity (Wildman–Crippen MR) is 83.8 cm³/mol. The molecule has 0 saturated heterocycles. The van der Waals surface area contributed by atoms with E-state index < -0.39 is 11.6 Å². The van der Waals surface area contributed by atoms with Gasteiger partial charge < -0.3 is 15.8 Å². The monoisotopic (exact) mass is 311 g/mol. The molecule has 0 heterocycles. The number of benzene rings is 1. The van der Waals surface area contributed by atoms with Crippen molar-refractivity contribution in [3.05, 3.63) is 29.8 Å². The molecule has 122 valence electrons. The van der Waals surface area contributed by atoms with E-state index in [0.29, 0.717) is 0 Å². The van der Waals surface area contributed by atoms with Crippen LogP contribution in [-0.2, 0) is 4.74 Å². The van der Waals surface area contributed by atoms with Crippen LogP contribution >= 0.6 is 0 Å². The summed E-state index contributed by atoms with van der Waals surface area (Å²) in [7, 11) is 0. The molecule has 0 aromatic heterocycles. The Morgan fingerprint density at radius 2 is 2.09 bits per heavy atom. The van der Waals surface area contributed by atoms with E-state index in [-0.39, 0.29) is 35.3 Å². The molecule has 0 radical (unpaired) electrons. The van der Waals surface area contributed by atoms with Crippen molar-refractivity contribution in [2.45, 2.75) is 52.4 Å². The van der Waals surface area contributed by atoms with Gasteiger partial charge in [-0.2, -0.15) is 0 Å². The molecule has 1 aliphatic rings. The molecule has 1 aliphatic carbocycles. The van der Waals surface area contributed by atoms with Gasteiger partial charge in [0.2, 0.25) is 0 Å². The molecule has 0 spiro atoms. The van der Waals surface area contributed by atoms with Crippen LogP contribution in [0.15, 0.2) is 23.2 Å². The number of ether oxygens (including phenoxy) is 1. The van der Waals surface area contributed by atoms with E-state index in [1.807, 2.05) is 13.8 Å². The topological polar surface area (TPSA) is 59.6 Å². The number of anilines is 1. The van der Waals surface area contributed by atoms with E-state index in [4.69, 9.17) is 10.5 Å². The maximum absolute atomic E-state index is 13.6. The van der Waals surface area contributed by atoms with Crippen molar-refractivity contribution in [1.29, 1.82) is 0 Å². The normalized spacial score (nSPS) is 24.2. The molecule has 2 atom stereocenters. The van der Waals surface area contributed by atoms with Gasteiger partial charge in [0.1, 0.15) is 11.6 Å². The van der Waals surface area contributed by atoms with Crippen molar-refractivity contribution in [2.75, 3.05) is 5.32 Å². The first-order chi connectivity index (χ1) is 10.2. The minimum Gasteiger partial charge on any atom is -0.375 e. The lowest BCUT2D eigenvalue weighted by Crippen LogP contribution is -2.55. The lowest BCUT2D eigenvalue weighted by molar-refractivity contribution is -0.129. The van der Waals surface area contributed by atoms with E-state index in [2.05, 4.69) is 24.2 Å². The van der Waals surface area contributed by atoms with Crippen LogP contribution in [0.3, 0.4) is 0 Å². The average Bonchev–Trinajstić information content (AvgIpc) is 2.41. The van der Waals surface area contributed by atoms with Gasteiger partial charge >= 0.3 is 0 Å². The number of nitrogens with one attached hydrogen (secondary N) is 1. The Labute approximate surface area is 129 Å². The van der Waals surface area contributed by atoms with Crippen LogP contribution in [0.4, 0.5) is 14.5 Å². The van der Waals surface area contributed by atoms with E-state index in [0.717, 1.165) is 24.6 Å². The molecule has 0 bridgehead atoms. The summed E-state index contributed by atoms with van der Waals surface area (Å²) in [4.78, 5) is 4.37.